The van der Waals surface area contributed by atoms with E-state index in [1.807, 2.05) is 24.3 Å². The van der Waals surface area contributed by atoms with Crippen LogP contribution in [0.2, 0.25) is 0 Å². The molecule has 0 radical (unpaired) electrons. The fraction of sp³-hybridized carbons (Fsp3) is 0.263. The lowest BCUT2D eigenvalue weighted by atomic mass is 10.0. The molecule has 6 heteroatoms. The summed E-state index contributed by atoms with van der Waals surface area (Å²) in [6.45, 7) is 4.45. The average Bonchev–Trinajstić information content (AvgIpc) is 2.62. The lowest BCUT2D eigenvalue weighted by Crippen LogP contribution is -2.02. The highest BCUT2D eigenvalue weighted by Crippen LogP contribution is 2.35. The van der Waals surface area contributed by atoms with Crippen LogP contribution in [0.3, 0.4) is 0 Å². The van der Waals surface area contributed by atoms with Gasteiger partial charge in [-0.25, -0.2) is 0 Å². The predicted octanol–water partition coefficient (Wildman–Crippen LogP) is 5.55. The third-order valence-electron chi connectivity index (χ3n) is 3.63. The molecular formula is C19H21Cl2NO3. The average molecular weight is 382 g/mol. The van der Waals surface area contributed by atoms with Crippen molar-refractivity contribution in [2.45, 2.75) is 26.7 Å². The Labute approximate surface area is 158 Å². The van der Waals surface area contributed by atoms with E-state index >= 15 is 0 Å². The number of ether oxygens (including phenoxy) is 2. The zero-order valence-electron chi connectivity index (χ0n) is 14.2. The van der Waals surface area contributed by atoms with Gasteiger partial charge >= 0.3 is 0 Å². The Morgan fingerprint density at radius 3 is 2.20 bits per heavy atom. The molecule has 0 aliphatic heterocycles. The van der Waals surface area contributed by atoms with E-state index in [2.05, 4.69) is 13.8 Å². The third-order valence-corrected chi connectivity index (χ3v) is 3.94. The Balaban J connectivity index is 2.31. The largest absolute Gasteiger partial charge is 0.489 e. The van der Waals surface area contributed by atoms with Crippen molar-refractivity contribution in [1.29, 1.82) is 0 Å². The van der Waals surface area contributed by atoms with E-state index in [1.165, 1.54) is 0 Å². The molecule has 2 aromatic carbocycles. The molecule has 0 aliphatic rings. The van der Waals surface area contributed by atoms with Crippen molar-refractivity contribution < 1.29 is 14.3 Å². The molecule has 2 N–H and O–H groups in total. The van der Waals surface area contributed by atoms with Crippen LogP contribution in [0.15, 0.2) is 47.0 Å². The van der Waals surface area contributed by atoms with Crippen LogP contribution >= 0.6 is 23.2 Å². The Kier molecular flexibility index (Phi) is 7.44. The number of nitrogens with two attached hydrogens (primary N) is 1. The van der Waals surface area contributed by atoms with E-state index in [-0.39, 0.29) is 4.49 Å². The summed E-state index contributed by atoms with van der Waals surface area (Å²) in [6.07, 6.45) is 3.21. The Bertz CT molecular complexity index is 718. The summed E-state index contributed by atoms with van der Waals surface area (Å²) in [4.78, 5) is 4.76. The SMILES string of the molecule is CCc1cc(OCC=C(Cl)Cl)cc(CC)c1Oc1cccc(ON)c1. The van der Waals surface area contributed by atoms with Crippen molar-refractivity contribution in [2.24, 2.45) is 5.90 Å². The predicted molar refractivity (Wildman–Crippen MR) is 102 cm³/mol. The number of hydrogen-bond acceptors (Lipinski definition) is 4. The van der Waals surface area contributed by atoms with Crippen LogP contribution in [0.1, 0.15) is 25.0 Å². The minimum Gasteiger partial charge on any atom is -0.489 e. The van der Waals surface area contributed by atoms with E-state index in [9.17, 15) is 0 Å². The van der Waals surface area contributed by atoms with Crippen molar-refractivity contribution in [3.05, 3.63) is 58.1 Å². The molecule has 0 spiro atoms. The molecule has 0 unspecified atom stereocenters. The summed E-state index contributed by atoms with van der Waals surface area (Å²) in [5.41, 5.74) is 2.10. The van der Waals surface area contributed by atoms with Crippen molar-refractivity contribution in [1.82, 2.24) is 0 Å². The number of aryl methyl sites for hydroxylation is 2. The number of benzene rings is 2. The van der Waals surface area contributed by atoms with E-state index in [0.717, 1.165) is 35.5 Å². The molecule has 0 aliphatic carbocycles. The van der Waals surface area contributed by atoms with E-state index in [0.29, 0.717) is 18.1 Å². The number of rotatable bonds is 8. The summed E-state index contributed by atoms with van der Waals surface area (Å²) >= 11 is 11.2. The molecule has 0 aromatic heterocycles. The standard InChI is InChI=1S/C19H21Cl2NO3/c1-3-13-10-17(23-9-8-18(20)21)11-14(4-2)19(13)24-15-6-5-7-16(12-15)25-22/h5-8,10-12H,3-4,9,22H2,1-2H3. The van der Waals surface area contributed by atoms with Crippen molar-refractivity contribution in [3.8, 4) is 23.0 Å². The van der Waals surface area contributed by atoms with E-state index in [1.54, 1.807) is 18.2 Å². The highest BCUT2D eigenvalue weighted by atomic mass is 35.5. The van der Waals surface area contributed by atoms with E-state index in [4.69, 9.17) is 43.4 Å². The smallest absolute Gasteiger partial charge is 0.150 e. The summed E-state index contributed by atoms with van der Waals surface area (Å²) in [5, 5.41) is 0. The maximum Gasteiger partial charge on any atom is 0.150 e. The molecule has 2 rings (SSSR count). The molecular weight excluding hydrogens is 361 g/mol. The quantitative estimate of drug-likeness (QED) is 0.608. The first-order valence-corrected chi connectivity index (χ1v) is 8.77. The van der Waals surface area contributed by atoms with Gasteiger partial charge in [-0.2, -0.15) is 5.90 Å². The summed E-state index contributed by atoms with van der Waals surface area (Å²) in [7, 11) is 0. The molecule has 0 amide bonds. The van der Waals surface area contributed by atoms with Crippen LogP contribution in [0, 0.1) is 0 Å². The topological polar surface area (TPSA) is 53.7 Å². The lowest BCUT2D eigenvalue weighted by molar-refractivity contribution is 0.332. The summed E-state index contributed by atoms with van der Waals surface area (Å²) in [5.74, 6) is 8.01. The summed E-state index contributed by atoms with van der Waals surface area (Å²) < 4.78 is 12.0. The van der Waals surface area contributed by atoms with E-state index < -0.39 is 0 Å². The Morgan fingerprint density at radius 2 is 1.64 bits per heavy atom. The number of halogens is 2. The number of hydrogen-bond donors (Lipinski definition) is 1. The van der Waals surface area contributed by atoms with Gasteiger partial charge in [0.25, 0.3) is 0 Å². The molecule has 0 atom stereocenters. The van der Waals surface area contributed by atoms with Crippen LogP contribution in [-0.2, 0) is 12.8 Å². The molecule has 0 heterocycles. The zero-order chi connectivity index (χ0) is 18.2. The third kappa shape index (κ3) is 5.56. The van der Waals surface area contributed by atoms with Gasteiger partial charge in [-0.3, -0.25) is 0 Å². The molecule has 0 fully saturated rings. The van der Waals surface area contributed by atoms with Gasteiger partial charge in [-0.1, -0.05) is 43.1 Å². The fourth-order valence-corrected chi connectivity index (χ4v) is 2.52. The van der Waals surface area contributed by atoms with Crippen molar-refractivity contribution in [3.63, 3.8) is 0 Å². The van der Waals surface area contributed by atoms with Crippen LogP contribution in [0.5, 0.6) is 23.0 Å². The van der Waals surface area contributed by atoms with Crippen molar-refractivity contribution >= 4 is 23.2 Å². The second kappa shape index (κ2) is 9.56. The minimum absolute atomic E-state index is 0.188. The molecule has 0 saturated heterocycles. The highest BCUT2D eigenvalue weighted by molar-refractivity contribution is 6.55. The molecule has 0 bridgehead atoms. The Hall–Kier alpha value is -1.88. The molecule has 0 saturated carbocycles. The van der Waals surface area contributed by atoms with Gasteiger partial charge < -0.3 is 14.3 Å². The summed E-state index contributed by atoms with van der Waals surface area (Å²) in [6, 6.07) is 11.1. The van der Waals surface area contributed by atoms with Crippen LogP contribution in [0.4, 0.5) is 0 Å². The monoisotopic (exact) mass is 381 g/mol. The van der Waals surface area contributed by atoms with Crippen molar-refractivity contribution in [2.75, 3.05) is 6.61 Å². The van der Waals surface area contributed by atoms with Crippen LogP contribution in [-0.4, -0.2) is 6.61 Å². The molecule has 2 aromatic rings. The molecule has 134 valence electrons. The molecule has 4 nitrogen and oxygen atoms in total. The lowest BCUT2D eigenvalue weighted by Gasteiger charge is -2.17. The van der Waals surface area contributed by atoms with Gasteiger partial charge in [0.15, 0.2) is 5.75 Å². The second-order valence-electron chi connectivity index (χ2n) is 5.28. The van der Waals surface area contributed by atoms with Gasteiger partial charge in [-0.05, 0) is 54.3 Å². The van der Waals surface area contributed by atoms with Gasteiger partial charge in [0.05, 0.1) is 0 Å². The molecule has 25 heavy (non-hydrogen) atoms. The van der Waals surface area contributed by atoms with Crippen LogP contribution < -0.4 is 20.2 Å². The Morgan fingerprint density at radius 1 is 1.00 bits per heavy atom. The maximum atomic E-state index is 6.12. The highest BCUT2D eigenvalue weighted by Gasteiger charge is 2.13. The van der Waals surface area contributed by atoms with Gasteiger partial charge in [0, 0.05) is 6.07 Å². The minimum atomic E-state index is 0.188. The first-order chi connectivity index (χ1) is 12.1. The second-order valence-corrected chi connectivity index (χ2v) is 6.29. The normalized spacial score (nSPS) is 10.3. The maximum absolute atomic E-state index is 6.12. The van der Waals surface area contributed by atoms with Gasteiger partial charge in [0.1, 0.15) is 28.3 Å². The van der Waals surface area contributed by atoms with Crippen LogP contribution in [0.25, 0.3) is 0 Å². The fourth-order valence-electron chi connectivity index (χ4n) is 2.39. The van der Waals surface area contributed by atoms with Gasteiger partial charge in [-0.15, -0.1) is 0 Å². The zero-order valence-corrected chi connectivity index (χ0v) is 15.7. The van der Waals surface area contributed by atoms with Gasteiger partial charge in [0.2, 0.25) is 0 Å². The first kappa shape index (κ1) is 19.4. The first-order valence-electron chi connectivity index (χ1n) is 8.01.